The molecule has 1 heterocycles. The highest BCUT2D eigenvalue weighted by Crippen LogP contribution is 2.33. The maximum atomic E-state index is 12.6. The average Bonchev–Trinajstić information content (AvgIpc) is 2.91. The quantitative estimate of drug-likeness (QED) is 0.168. The van der Waals surface area contributed by atoms with E-state index in [2.05, 4.69) is 16.2 Å². The predicted octanol–water partition coefficient (Wildman–Crippen LogP) is 2.93. The zero-order chi connectivity index (χ0) is 25.8. The van der Waals surface area contributed by atoms with E-state index in [9.17, 15) is 14.7 Å². The first-order valence-corrected chi connectivity index (χ1v) is 12.5. The molecule has 0 spiro atoms. The second-order valence-corrected chi connectivity index (χ2v) is 8.65. The monoisotopic (exact) mass is 499 g/mol. The number of ketones is 1. The number of Topliss-reactive ketones (excluding diaryl/α,β-unsaturated/α-hetero) is 1. The first-order valence-electron chi connectivity index (χ1n) is 12.5. The number of ether oxygens (including phenoxy) is 3. The molecule has 196 valence electrons. The summed E-state index contributed by atoms with van der Waals surface area (Å²) >= 11 is 0. The minimum absolute atomic E-state index is 0.0826. The number of unbranched alkanes of at least 4 members (excludes halogenated alkanes) is 2. The highest BCUT2D eigenvalue weighted by atomic mass is 16.6. The lowest BCUT2D eigenvalue weighted by molar-refractivity contribution is -0.122. The van der Waals surface area contributed by atoms with Crippen LogP contribution in [0.25, 0.3) is 0 Å². The van der Waals surface area contributed by atoms with E-state index in [0.717, 1.165) is 12.2 Å². The molecule has 9 heteroatoms. The van der Waals surface area contributed by atoms with Gasteiger partial charge >= 0.3 is 0 Å². The van der Waals surface area contributed by atoms with E-state index in [4.69, 9.17) is 14.2 Å². The van der Waals surface area contributed by atoms with E-state index in [1.165, 1.54) is 0 Å². The maximum Gasteiger partial charge on any atom is 0.220 e. The minimum Gasteiger partial charge on any atom is -0.497 e. The van der Waals surface area contributed by atoms with Gasteiger partial charge < -0.3 is 24.6 Å². The van der Waals surface area contributed by atoms with Gasteiger partial charge in [0.15, 0.2) is 17.3 Å². The van der Waals surface area contributed by atoms with Gasteiger partial charge in [0.2, 0.25) is 5.91 Å². The Morgan fingerprint density at radius 2 is 1.69 bits per heavy atom. The van der Waals surface area contributed by atoms with Crippen molar-refractivity contribution in [3.05, 3.63) is 53.6 Å². The molecule has 1 aliphatic heterocycles. The van der Waals surface area contributed by atoms with E-state index in [0.29, 0.717) is 74.6 Å². The Kier molecular flexibility index (Phi) is 11.0. The van der Waals surface area contributed by atoms with E-state index in [1.54, 1.807) is 49.6 Å². The number of carbonyl (C=O) groups is 2. The lowest BCUT2D eigenvalue weighted by Gasteiger charge is -2.26. The van der Waals surface area contributed by atoms with Gasteiger partial charge in [-0.05, 0) is 54.8 Å². The van der Waals surface area contributed by atoms with E-state index in [-0.39, 0.29) is 11.7 Å². The summed E-state index contributed by atoms with van der Waals surface area (Å²) in [7, 11) is 1.59. The van der Waals surface area contributed by atoms with Gasteiger partial charge in [0, 0.05) is 31.5 Å². The molecule has 0 unspecified atom stereocenters. The Bertz CT molecular complexity index is 982. The van der Waals surface area contributed by atoms with Crippen molar-refractivity contribution in [2.75, 3.05) is 33.4 Å². The number of amides is 1. The molecular formula is C27H37N3O6. The van der Waals surface area contributed by atoms with Crippen LogP contribution in [0.3, 0.4) is 0 Å². The fraction of sp³-hybridized carbons (Fsp3) is 0.481. The summed E-state index contributed by atoms with van der Waals surface area (Å²) in [5.41, 5.74) is 7.34. The standard InChI is InChI=1S/C27H37N3O6/c1-3-28-29-18-22(27(33)20-11-14-24-25(17-20)36-16-15-35-24)30-26(32)8-6-4-5-7-23(31)19-9-12-21(34-2)13-10-19/h9-14,17,22,27-29,33H,3-8,15-16,18H2,1-2H3,(H,30,32)/t22-,27-/m1/s1. The van der Waals surface area contributed by atoms with Crippen molar-refractivity contribution in [2.24, 2.45) is 0 Å². The first kappa shape index (κ1) is 27.4. The Balaban J connectivity index is 1.45. The van der Waals surface area contributed by atoms with Crippen LogP contribution in [-0.4, -0.2) is 56.3 Å². The van der Waals surface area contributed by atoms with E-state index >= 15 is 0 Å². The smallest absolute Gasteiger partial charge is 0.220 e. The molecule has 0 aromatic heterocycles. The number of aliphatic hydroxyl groups excluding tert-OH is 1. The van der Waals surface area contributed by atoms with Crippen LogP contribution in [0.4, 0.5) is 0 Å². The van der Waals surface area contributed by atoms with Crippen molar-refractivity contribution >= 4 is 11.7 Å². The van der Waals surface area contributed by atoms with Gasteiger partial charge in [-0.2, -0.15) is 0 Å². The van der Waals surface area contributed by atoms with Crippen molar-refractivity contribution in [3.63, 3.8) is 0 Å². The summed E-state index contributed by atoms with van der Waals surface area (Å²) in [4.78, 5) is 25.0. The van der Waals surface area contributed by atoms with Gasteiger partial charge in [-0.25, -0.2) is 0 Å². The van der Waals surface area contributed by atoms with Gasteiger partial charge in [0.05, 0.1) is 13.2 Å². The maximum absolute atomic E-state index is 12.6. The van der Waals surface area contributed by atoms with Gasteiger partial charge in [0.25, 0.3) is 0 Å². The number of rotatable bonds is 15. The molecule has 1 aliphatic rings. The normalized spacial score (nSPS) is 14.1. The predicted molar refractivity (Wildman–Crippen MR) is 136 cm³/mol. The third-order valence-electron chi connectivity index (χ3n) is 5.98. The average molecular weight is 500 g/mol. The molecule has 0 bridgehead atoms. The van der Waals surface area contributed by atoms with Crippen LogP contribution in [0.15, 0.2) is 42.5 Å². The molecule has 2 aromatic carbocycles. The highest BCUT2D eigenvalue weighted by molar-refractivity contribution is 5.96. The van der Waals surface area contributed by atoms with Gasteiger partial charge in [-0.3, -0.25) is 20.4 Å². The Hall–Kier alpha value is -3.14. The highest BCUT2D eigenvalue weighted by Gasteiger charge is 2.24. The van der Waals surface area contributed by atoms with E-state index < -0.39 is 12.1 Å². The Morgan fingerprint density at radius 3 is 2.42 bits per heavy atom. The van der Waals surface area contributed by atoms with Crippen LogP contribution in [-0.2, 0) is 4.79 Å². The molecular weight excluding hydrogens is 462 g/mol. The van der Waals surface area contributed by atoms with Gasteiger partial charge in [-0.15, -0.1) is 0 Å². The van der Waals surface area contributed by atoms with Crippen molar-refractivity contribution < 1.29 is 28.9 Å². The van der Waals surface area contributed by atoms with Crippen LogP contribution >= 0.6 is 0 Å². The Labute approximate surface area is 212 Å². The SMILES string of the molecule is CCNNC[C@@H](NC(=O)CCCCCC(=O)c1ccc(OC)cc1)[C@H](O)c1ccc2c(c1)OCCO2. The van der Waals surface area contributed by atoms with Gasteiger partial charge in [-0.1, -0.05) is 19.4 Å². The summed E-state index contributed by atoms with van der Waals surface area (Å²) in [6.07, 6.45) is 1.96. The molecule has 36 heavy (non-hydrogen) atoms. The van der Waals surface area contributed by atoms with Crippen LogP contribution in [0, 0.1) is 0 Å². The lowest BCUT2D eigenvalue weighted by Crippen LogP contribution is -2.49. The second kappa shape index (κ2) is 14.4. The largest absolute Gasteiger partial charge is 0.497 e. The number of aliphatic hydroxyl groups is 1. The molecule has 0 saturated heterocycles. The number of hydrogen-bond acceptors (Lipinski definition) is 8. The van der Waals surface area contributed by atoms with Crippen LogP contribution < -0.4 is 30.4 Å². The molecule has 9 nitrogen and oxygen atoms in total. The van der Waals surface area contributed by atoms with Crippen molar-refractivity contribution in [2.45, 2.75) is 51.2 Å². The summed E-state index contributed by atoms with van der Waals surface area (Å²) in [6, 6.07) is 11.9. The number of benzene rings is 2. The number of hydrazine groups is 1. The number of hydrogen-bond donors (Lipinski definition) is 4. The minimum atomic E-state index is -0.932. The molecule has 0 aliphatic carbocycles. The zero-order valence-corrected chi connectivity index (χ0v) is 21.0. The Morgan fingerprint density at radius 1 is 0.972 bits per heavy atom. The lowest BCUT2D eigenvalue weighted by atomic mass is 10.0. The van der Waals surface area contributed by atoms with Crippen LogP contribution in [0.1, 0.15) is 61.1 Å². The summed E-state index contributed by atoms with van der Waals surface area (Å²) < 4.78 is 16.3. The molecule has 0 fully saturated rings. The number of methoxy groups -OCH3 is 1. The summed E-state index contributed by atoms with van der Waals surface area (Å²) in [5.74, 6) is 1.90. The molecule has 0 radical (unpaired) electrons. The third-order valence-corrected chi connectivity index (χ3v) is 5.98. The van der Waals surface area contributed by atoms with Crippen molar-refractivity contribution in [1.29, 1.82) is 0 Å². The van der Waals surface area contributed by atoms with Crippen molar-refractivity contribution in [3.8, 4) is 17.2 Å². The number of carbonyl (C=O) groups excluding carboxylic acids is 2. The summed E-state index contributed by atoms with van der Waals surface area (Å²) in [5, 5.41) is 14.0. The second-order valence-electron chi connectivity index (χ2n) is 8.65. The molecule has 4 N–H and O–H groups in total. The fourth-order valence-electron chi connectivity index (χ4n) is 3.97. The molecule has 2 atom stereocenters. The molecule has 3 rings (SSSR count). The first-order chi connectivity index (χ1) is 17.5. The number of nitrogens with one attached hydrogen (secondary N) is 3. The molecule has 2 aromatic rings. The van der Waals surface area contributed by atoms with Crippen molar-refractivity contribution in [1.82, 2.24) is 16.2 Å². The third kappa shape index (κ3) is 8.22. The topological polar surface area (TPSA) is 118 Å². The fourth-order valence-corrected chi connectivity index (χ4v) is 3.97. The molecule has 0 saturated carbocycles. The van der Waals surface area contributed by atoms with Crippen LogP contribution in [0.5, 0.6) is 17.2 Å². The van der Waals surface area contributed by atoms with E-state index in [1.807, 2.05) is 6.92 Å². The summed E-state index contributed by atoms with van der Waals surface area (Å²) in [6.45, 7) is 3.95. The van der Waals surface area contributed by atoms with Crippen LogP contribution in [0.2, 0.25) is 0 Å². The van der Waals surface area contributed by atoms with Gasteiger partial charge in [0.1, 0.15) is 25.1 Å². The zero-order valence-electron chi connectivity index (χ0n) is 21.0. The molecule has 1 amide bonds. The number of fused-ring (bicyclic) bond motifs is 1.